The number of ether oxygens (including phenoxy) is 1. The Hall–Kier alpha value is -1.15. The molecular formula is C12H17BrN2O4S. The molecule has 6 nitrogen and oxygen atoms in total. The number of carboxylic acid groups (broad SMARTS) is 1. The summed E-state index contributed by atoms with van der Waals surface area (Å²) in [4.78, 5) is 27.2. The third-order valence-corrected chi connectivity index (χ3v) is 4.08. The molecule has 0 aliphatic carbocycles. The topological polar surface area (TPSA) is 88.5 Å². The fourth-order valence-electron chi connectivity index (χ4n) is 1.45. The Morgan fingerprint density at radius 2 is 2.10 bits per heavy atom. The van der Waals surface area contributed by atoms with Gasteiger partial charge in [0.2, 0.25) is 0 Å². The van der Waals surface area contributed by atoms with Crippen molar-refractivity contribution in [3.05, 3.63) is 15.0 Å². The molecular weight excluding hydrogens is 348 g/mol. The minimum Gasteiger partial charge on any atom is -0.480 e. The van der Waals surface area contributed by atoms with Gasteiger partial charge in [0, 0.05) is 11.3 Å². The lowest BCUT2D eigenvalue weighted by atomic mass is 10.0. The van der Waals surface area contributed by atoms with Gasteiger partial charge in [0.25, 0.3) is 0 Å². The molecule has 8 heteroatoms. The van der Waals surface area contributed by atoms with Crippen LogP contribution in [0.2, 0.25) is 0 Å². The Kier molecular flexibility index (Phi) is 5.52. The molecule has 20 heavy (non-hydrogen) atoms. The van der Waals surface area contributed by atoms with Gasteiger partial charge < -0.3 is 15.2 Å². The van der Waals surface area contributed by atoms with Gasteiger partial charge in [-0.3, -0.25) is 0 Å². The molecule has 0 spiro atoms. The molecule has 1 heterocycles. The third-order valence-electron chi connectivity index (χ3n) is 2.32. The average Bonchev–Trinajstić information content (AvgIpc) is 2.69. The number of thiazole rings is 1. The largest absolute Gasteiger partial charge is 0.480 e. The van der Waals surface area contributed by atoms with Crippen molar-refractivity contribution in [1.82, 2.24) is 10.3 Å². The molecule has 0 aliphatic heterocycles. The first-order valence-corrected chi connectivity index (χ1v) is 7.60. The van der Waals surface area contributed by atoms with Crippen molar-refractivity contribution < 1.29 is 19.4 Å². The lowest BCUT2D eigenvalue weighted by molar-refractivity contribution is -0.140. The van der Waals surface area contributed by atoms with Crippen LogP contribution >= 0.6 is 27.3 Å². The van der Waals surface area contributed by atoms with E-state index in [1.54, 1.807) is 33.1 Å². The number of amides is 1. The predicted octanol–water partition coefficient (Wildman–Crippen LogP) is 2.99. The summed E-state index contributed by atoms with van der Waals surface area (Å²) in [5.74, 6) is -1.59. The maximum absolute atomic E-state index is 11.7. The van der Waals surface area contributed by atoms with Crippen LogP contribution in [0.5, 0.6) is 0 Å². The zero-order valence-corrected chi connectivity index (χ0v) is 14.0. The molecule has 0 radical (unpaired) electrons. The van der Waals surface area contributed by atoms with E-state index in [0.717, 1.165) is 0 Å². The van der Waals surface area contributed by atoms with E-state index in [9.17, 15) is 14.7 Å². The van der Waals surface area contributed by atoms with Crippen LogP contribution in [0.25, 0.3) is 0 Å². The number of alkyl carbamates (subject to hydrolysis) is 1. The normalized spacial score (nSPS) is 14.4. The molecule has 2 atom stereocenters. The molecule has 1 amide bonds. The van der Waals surface area contributed by atoms with Crippen molar-refractivity contribution >= 4 is 39.3 Å². The number of aliphatic carboxylic acids is 1. The highest BCUT2D eigenvalue weighted by atomic mass is 79.9. The fourth-order valence-corrected chi connectivity index (χ4v) is 2.82. The summed E-state index contributed by atoms with van der Waals surface area (Å²) in [6.45, 7) is 6.83. The predicted molar refractivity (Wildman–Crippen MR) is 79.0 cm³/mol. The van der Waals surface area contributed by atoms with Crippen LogP contribution in [0.4, 0.5) is 4.79 Å². The van der Waals surface area contributed by atoms with Gasteiger partial charge in [-0.25, -0.2) is 14.6 Å². The number of hydrogen-bond acceptors (Lipinski definition) is 5. The third kappa shape index (κ3) is 5.09. The second-order valence-electron chi connectivity index (χ2n) is 5.26. The van der Waals surface area contributed by atoms with Crippen molar-refractivity contribution in [3.63, 3.8) is 0 Å². The number of aromatic nitrogens is 1. The van der Waals surface area contributed by atoms with Gasteiger partial charge in [0.05, 0.1) is 5.01 Å². The Morgan fingerprint density at radius 3 is 2.50 bits per heavy atom. The number of hydrogen-bond donors (Lipinski definition) is 2. The SMILES string of the molecule is C[C@H](c1nc(Br)cs1)[C@H](NC(=O)OC(C)(C)C)C(=O)O. The number of nitrogens with one attached hydrogen (secondary N) is 1. The summed E-state index contributed by atoms with van der Waals surface area (Å²) in [5, 5.41) is 14.0. The molecule has 0 saturated carbocycles. The van der Waals surface area contributed by atoms with E-state index in [4.69, 9.17) is 4.74 Å². The summed E-state index contributed by atoms with van der Waals surface area (Å²) < 4.78 is 5.71. The van der Waals surface area contributed by atoms with Crippen molar-refractivity contribution in [2.45, 2.75) is 45.3 Å². The zero-order valence-electron chi connectivity index (χ0n) is 11.6. The molecule has 1 aromatic heterocycles. The van der Waals surface area contributed by atoms with E-state index in [1.165, 1.54) is 11.3 Å². The highest BCUT2D eigenvalue weighted by Crippen LogP contribution is 2.25. The molecule has 112 valence electrons. The van der Waals surface area contributed by atoms with E-state index < -0.39 is 29.6 Å². The Morgan fingerprint density at radius 1 is 1.50 bits per heavy atom. The number of carbonyl (C=O) groups excluding carboxylic acids is 1. The van der Waals surface area contributed by atoms with Crippen LogP contribution in [0.1, 0.15) is 38.6 Å². The van der Waals surface area contributed by atoms with E-state index in [2.05, 4.69) is 26.2 Å². The Balaban J connectivity index is 2.79. The molecule has 1 rings (SSSR count). The van der Waals surface area contributed by atoms with Gasteiger partial charge in [-0.15, -0.1) is 11.3 Å². The minimum absolute atomic E-state index is 0.462. The number of halogens is 1. The lowest BCUT2D eigenvalue weighted by Gasteiger charge is -2.24. The first-order valence-electron chi connectivity index (χ1n) is 5.93. The Bertz CT molecular complexity index is 498. The van der Waals surface area contributed by atoms with Crippen LogP contribution in [-0.2, 0) is 9.53 Å². The van der Waals surface area contributed by atoms with Crippen LogP contribution in [-0.4, -0.2) is 33.8 Å². The van der Waals surface area contributed by atoms with Gasteiger partial charge in [-0.2, -0.15) is 0 Å². The summed E-state index contributed by atoms with van der Waals surface area (Å²) in [7, 11) is 0. The highest BCUT2D eigenvalue weighted by molar-refractivity contribution is 9.10. The zero-order chi connectivity index (χ0) is 15.5. The lowest BCUT2D eigenvalue weighted by Crippen LogP contribution is -2.46. The fraction of sp³-hybridized carbons (Fsp3) is 0.583. The van der Waals surface area contributed by atoms with Crippen molar-refractivity contribution in [1.29, 1.82) is 0 Å². The molecule has 0 aliphatic rings. The van der Waals surface area contributed by atoms with E-state index in [-0.39, 0.29) is 0 Å². The minimum atomic E-state index is -1.13. The van der Waals surface area contributed by atoms with Crippen molar-refractivity contribution in [2.24, 2.45) is 0 Å². The molecule has 0 saturated heterocycles. The van der Waals surface area contributed by atoms with Gasteiger partial charge in [0.15, 0.2) is 0 Å². The standard InChI is InChI=1S/C12H17BrN2O4S/c1-6(9-14-7(13)5-20-9)8(10(16)17)15-11(18)19-12(2,3)4/h5-6,8H,1-4H3,(H,15,18)(H,16,17)/t6-,8-/m0/s1. The molecule has 1 aromatic rings. The van der Waals surface area contributed by atoms with Crippen molar-refractivity contribution in [3.8, 4) is 0 Å². The monoisotopic (exact) mass is 364 g/mol. The van der Waals surface area contributed by atoms with E-state index >= 15 is 0 Å². The Labute approximate surface area is 129 Å². The van der Waals surface area contributed by atoms with Gasteiger partial charge >= 0.3 is 12.1 Å². The van der Waals surface area contributed by atoms with E-state index in [1.807, 2.05) is 0 Å². The maximum atomic E-state index is 11.7. The number of carboxylic acids is 1. The van der Waals surface area contributed by atoms with Gasteiger partial charge in [-0.1, -0.05) is 6.92 Å². The van der Waals surface area contributed by atoms with Crippen LogP contribution in [0.15, 0.2) is 9.98 Å². The summed E-state index contributed by atoms with van der Waals surface area (Å²) in [6, 6.07) is -1.09. The molecule has 0 bridgehead atoms. The number of rotatable bonds is 4. The second kappa shape index (κ2) is 6.53. The average molecular weight is 365 g/mol. The molecule has 2 N–H and O–H groups in total. The second-order valence-corrected chi connectivity index (χ2v) is 6.96. The quantitative estimate of drug-likeness (QED) is 0.856. The van der Waals surface area contributed by atoms with Crippen LogP contribution in [0.3, 0.4) is 0 Å². The molecule has 0 aromatic carbocycles. The first-order chi connectivity index (χ1) is 9.10. The van der Waals surface area contributed by atoms with Gasteiger partial charge in [-0.05, 0) is 36.7 Å². The molecule has 0 unspecified atom stereocenters. The summed E-state index contributed by atoms with van der Waals surface area (Å²) in [5.41, 5.74) is -0.680. The van der Waals surface area contributed by atoms with E-state index in [0.29, 0.717) is 9.61 Å². The van der Waals surface area contributed by atoms with Crippen LogP contribution in [0, 0.1) is 0 Å². The summed E-state index contributed by atoms with van der Waals surface area (Å²) in [6.07, 6.45) is -0.757. The maximum Gasteiger partial charge on any atom is 0.408 e. The first kappa shape index (κ1) is 16.9. The number of nitrogens with zero attached hydrogens (tertiary/aromatic N) is 1. The molecule has 0 fully saturated rings. The van der Waals surface area contributed by atoms with Crippen molar-refractivity contribution in [2.75, 3.05) is 0 Å². The van der Waals surface area contributed by atoms with Gasteiger partial charge in [0.1, 0.15) is 16.2 Å². The highest BCUT2D eigenvalue weighted by Gasteiger charge is 2.31. The van der Waals surface area contributed by atoms with Crippen LogP contribution < -0.4 is 5.32 Å². The summed E-state index contributed by atoms with van der Waals surface area (Å²) >= 11 is 4.55. The smallest absolute Gasteiger partial charge is 0.408 e. The number of carbonyl (C=O) groups is 2.